The van der Waals surface area contributed by atoms with E-state index >= 15 is 0 Å². The number of benzene rings is 1. The monoisotopic (exact) mass is 255 g/mol. The van der Waals surface area contributed by atoms with Crippen LogP contribution in [-0.2, 0) is 11.2 Å². The van der Waals surface area contributed by atoms with Crippen molar-refractivity contribution in [3.05, 3.63) is 42.1 Å². The summed E-state index contributed by atoms with van der Waals surface area (Å²) in [5.74, 6) is 0.311. The number of hydrogen-bond donors (Lipinski definition) is 0. The maximum atomic E-state index is 12.1. The number of nitrogens with zero attached hydrogens (tertiary/aromatic N) is 1. The van der Waals surface area contributed by atoms with Gasteiger partial charge in [-0.1, -0.05) is 39.0 Å². The second-order valence-electron chi connectivity index (χ2n) is 6.26. The van der Waals surface area contributed by atoms with Crippen LogP contribution in [0, 0.1) is 5.41 Å². The van der Waals surface area contributed by atoms with Crippen LogP contribution in [0.5, 0.6) is 0 Å². The molecule has 0 fully saturated rings. The van der Waals surface area contributed by atoms with E-state index in [1.54, 1.807) is 6.20 Å². The first-order valence-electron chi connectivity index (χ1n) is 6.80. The molecule has 1 aromatic carbocycles. The zero-order valence-corrected chi connectivity index (χ0v) is 11.9. The highest BCUT2D eigenvalue weighted by molar-refractivity contribution is 5.88. The molecule has 0 saturated carbocycles. The summed E-state index contributed by atoms with van der Waals surface area (Å²) >= 11 is 0. The molecule has 2 aromatic rings. The van der Waals surface area contributed by atoms with Crippen molar-refractivity contribution >= 4 is 16.7 Å². The van der Waals surface area contributed by atoms with Gasteiger partial charge >= 0.3 is 0 Å². The highest BCUT2D eigenvalue weighted by atomic mass is 16.1. The lowest BCUT2D eigenvalue weighted by Crippen LogP contribution is -2.10. The van der Waals surface area contributed by atoms with Crippen molar-refractivity contribution in [2.24, 2.45) is 5.41 Å². The van der Waals surface area contributed by atoms with Crippen LogP contribution < -0.4 is 0 Å². The van der Waals surface area contributed by atoms with Crippen LogP contribution in [-0.4, -0.2) is 10.8 Å². The van der Waals surface area contributed by atoms with Gasteiger partial charge in [-0.15, -0.1) is 0 Å². The van der Waals surface area contributed by atoms with Gasteiger partial charge in [-0.05, 0) is 29.5 Å². The summed E-state index contributed by atoms with van der Waals surface area (Å²) in [7, 11) is 0. The van der Waals surface area contributed by atoms with E-state index in [1.807, 2.05) is 30.3 Å². The second-order valence-corrected chi connectivity index (χ2v) is 6.26. The van der Waals surface area contributed by atoms with Gasteiger partial charge in [0.15, 0.2) is 0 Å². The molecule has 0 atom stereocenters. The Kier molecular flexibility index (Phi) is 3.98. The number of Topliss-reactive ketones (excluding diaryl/α,β-unsaturated/α-hetero) is 1. The van der Waals surface area contributed by atoms with Crippen LogP contribution >= 0.6 is 0 Å². The van der Waals surface area contributed by atoms with Crippen molar-refractivity contribution in [1.82, 2.24) is 4.98 Å². The van der Waals surface area contributed by atoms with Crippen molar-refractivity contribution in [1.29, 1.82) is 0 Å². The summed E-state index contributed by atoms with van der Waals surface area (Å²) in [4.78, 5) is 16.4. The van der Waals surface area contributed by atoms with Crippen molar-refractivity contribution in [2.75, 3.05) is 0 Å². The molecule has 0 radical (unpaired) electrons. The zero-order chi connectivity index (χ0) is 13.9. The van der Waals surface area contributed by atoms with Gasteiger partial charge in [-0.3, -0.25) is 9.78 Å². The number of hydrogen-bond acceptors (Lipinski definition) is 2. The lowest BCUT2D eigenvalue weighted by atomic mass is 9.88. The summed E-state index contributed by atoms with van der Waals surface area (Å²) in [6.45, 7) is 6.51. The Labute approximate surface area is 114 Å². The SMILES string of the molecule is CC(C)(C)CCC(=O)Cc1ccnc2ccccc12. The third kappa shape index (κ3) is 3.88. The summed E-state index contributed by atoms with van der Waals surface area (Å²) in [6.07, 6.45) is 3.89. The van der Waals surface area contributed by atoms with Gasteiger partial charge in [0.2, 0.25) is 0 Å². The molecule has 2 heteroatoms. The van der Waals surface area contributed by atoms with Gasteiger partial charge in [0.25, 0.3) is 0 Å². The number of aromatic nitrogens is 1. The van der Waals surface area contributed by atoms with Crippen molar-refractivity contribution < 1.29 is 4.79 Å². The Morgan fingerprint density at radius 3 is 2.63 bits per heavy atom. The van der Waals surface area contributed by atoms with E-state index in [2.05, 4.69) is 25.8 Å². The molecule has 0 unspecified atom stereocenters. The molecule has 0 saturated heterocycles. The minimum atomic E-state index is 0.218. The van der Waals surface area contributed by atoms with Crippen LogP contribution in [0.4, 0.5) is 0 Å². The fourth-order valence-electron chi connectivity index (χ4n) is 2.12. The molecule has 2 rings (SSSR count). The average Bonchev–Trinajstić information content (AvgIpc) is 2.36. The number of ketones is 1. The van der Waals surface area contributed by atoms with Gasteiger partial charge in [0.05, 0.1) is 5.52 Å². The van der Waals surface area contributed by atoms with Gasteiger partial charge in [-0.2, -0.15) is 0 Å². The lowest BCUT2D eigenvalue weighted by molar-refractivity contribution is -0.118. The largest absolute Gasteiger partial charge is 0.299 e. The van der Waals surface area contributed by atoms with E-state index in [0.29, 0.717) is 18.6 Å². The first-order valence-corrected chi connectivity index (χ1v) is 6.80. The van der Waals surface area contributed by atoms with E-state index in [-0.39, 0.29) is 5.41 Å². The quantitative estimate of drug-likeness (QED) is 0.820. The molecule has 0 aliphatic rings. The Bertz CT molecular complexity index is 576. The first-order chi connectivity index (χ1) is 8.96. The second kappa shape index (κ2) is 5.52. The predicted octanol–water partition coefficient (Wildman–Crippen LogP) is 4.17. The summed E-state index contributed by atoms with van der Waals surface area (Å²) in [5.41, 5.74) is 2.27. The molecule has 0 bridgehead atoms. The Hall–Kier alpha value is -1.70. The highest BCUT2D eigenvalue weighted by Gasteiger charge is 2.14. The van der Waals surface area contributed by atoms with E-state index in [4.69, 9.17) is 0 Å². The topological polar surface area (TPSA) is 30.0 Å². The summed E-state index contributed by atoms with van der Waals surface area (Å²) < 4.78 is 0. The molecule has 2 nitrogen and oxygen atoms in total. The van der Waals surface area contributed by atoms with Crippen LogP contribution in [0.15, 0.2) is 36.5 Å². The number of pyridine rings is 1. The minimum Gasteiger partial charge on any atom is -0.299 e. The van der Waals surface area contributed by atoms with E-state index in [9.17, 15) is 4.79 Å². The third-order valence-electron chi connectivity index (χ3n) is 3.28. The van der Waals surface area contributed by atoms with Crippen LogP contribution in [0.3, 0.4) is 0 Å². The van der Waals surface area contributed by atoms with Crippen molar-refractivity contribution in [2.45, 2.75) is 40.0 Å². The van der Waals surface area contributed by atoms with Gasteiger partial charge in [-0.25, -0.2) is 0 Å². The molecule has 0 amide bonds. The Balaban J connectivity index is 2.11. The number of fused-ring (bicyclic) bond motifs is 1. The molecule has 0 aliphatic carbocycles. The van der Waals surface area contributed by atoms with Crippen LogP contribution in [0.1, 0.15) is 39.2 Å². The fourth-order valence-corrected chi connectivity index (χ4v) is 2.12. The number of rotatable bonds is 4. The first kappa shape index (κ1) is 13.7. The average molecular weight is 255 g/mol. The van der Waals surface area contributed by atoms with E-state index in [1.165, 1.54) is 0 Å². The van der Waals surface area contributed by atoms with Gasteiger partial charge in [0, 0.05) is 24.4 Å². The maximum absolute atomic E-state index is 12.1. The van der Waals surface area contributed by atoms with Gasteiger partial charge < -0.3 is 0 Å². The predicted molar refractivity (Wildman–Crippen MR) is 79.1 cm³/mol. The smallest absolute Gasteiger partial charge is 0.137 e. The molecule has 1 aromatic heterocycles. The molecule has 0 N–H and O–H groups in total. The van der Waals surface area contributed by atoms with Crippen molar-refractivity contribution in [3.8, 4) is 0 Å². The highest BCUT2D eigenvalue weighted by Crippen LogP contribution is 2.22. The lowest BCUT2D eigenvalue weighted by Gasteiger charge is -2.17. The fraction of sp³-hybridized carbons (Fsp3) is 0.412. The standard InChI is InChI=1S/C17H21NO/c1-17(2,3)10-8-14(19)12-13-9-11-18-16-7-5-4-6-15(13)16/h4-7,9,11H,8,10,12H2,1-3H3. The van der Waals surface area contributed by atoms with Crippen molar-refractivity contribution in [3.63, 3.8) is 0 Å². The maximum Gasteiger partial charge on any atom is 0.137 e. The van der Waals surface area contributed by atoms with Crippen LogP contribution in [0.2, 0.25) is 0 Å². The molecular formula is C17H21NO. The van der Waals surface area contributed by atoms with Crippen LogP contribution in [0.25, 0.3) is 10.9 Å². The molecule has 0 aliphatic heterocycles. The molecule has 100 valence electrons. The number of carbonyl (C=O) groups excluding carboxylic acids is 1. The molecular weight excluding hydrogens is 234 g/mol. The third-order valence-corrected chi connectivity index (χ3v) is 3.28. The normalized spacial score (nSPS) is 11.7. The Morgan fingerprint density at radius 2 is 1.89 bits per heavy atom. The number of para-hydroxylation sites is 1. The Morgan fingerprint density at radius 1 is 1.16 bits per heavy atom. The molecule has 1 heterocycles. The number of carbonyl (C=O) groups is 1. The summed E-state index contributed by atoms with van der Waals surface area (Å²) in [6, 6.07) is 9.94. The molecule has 19 heavy (non-hydrogen) atoms. The van der Waals surface area contributed by atoms with Gasteiger partial charge in [0.1, 0.15) is 5.78 Å². The summed E-state index contributed by atoms with van der Waals surface area (Å²) in [5, 5.41) is 1.09. The zero-order valence-electron chi connectivity index (χ0n) is 11.9. The minimum absolute atomic E-state index is 0.218. The molecule has 0 spiro atoms. The van der Waals surface area contributed by atoms with E-state index in [0.717, 1.165) is 22.9 Å². The van der Waals surface area contributed by atoms with E-state index < -0.39 is 0 Å².